The predicted octanol–water partition coefficient (Wildman–Crippen LogP) is 4.71. The van der Waals surface area contributed by atoms with Gasteiger partial charge in [0.15, 0.2) is 0 Å². The van der Waals surface area contributed by atoms with Crippen molar-refractivity contribution in [2.75, 3.05) is 5.32 Å². The van der Waals surface area contributed by atoms with E-state index in [1.165, 1.54) is 23.5 Å². The van der Waals surface area contributed by atoms with Crippen molar-refractivity contribution in [2.45, 2.75) is 13.0 Å². The van der Waals surface area contributed by atoms with Crippen molar-refractivity contribution < 1.29 is 4.39 Å². The first-order valence-electron chi connectivity index (χ1n) is 4.91. The van der Waals surface area contributed by atoms with Crippen molar-refractivity contribution in [3.8, 4) is 0 Å². The summed E-state index contributed by atoms with van der Waals surface area (Å²) in [5.41, 5.74) is 1.88. The van der Waals surface area contributed by atoms with Crippen LogP contribution in [0.1, 0.15) is 18.5 Å². The molecule has 0 aliphatic carbocycles. The molecule has 1 heterocycles. The second kappa shape index (κ2) is 4.85. The van der Waals surface area contributed by atoms with Crippen LogP contribution in [0, 0.1) is 5.82 Å². The lowest BCUT2D eigenvalue weighted by Crippen LogP contribution is -2.05. The Morgan fingerprint density at radius 2 is 2.19 bits per heavy atom. The van der Waals surface area contributed by atoms with Gasteiger partial charge in [0, 0.05) is 11.7 Å². The lowest BCUT2D eigenvalue weighted by atomic mass is 10.1. The van der Waals surface area contributed by atoms with Crippen molar-refractivity contribution in [2.24, 2.45) is 0 Å². The van der Waals surface area contributed by atoms with Crippen LogP contribution in [0.2, 0.25) is 4.34 Å². The molecule has 0 bridgehead atoms. The Labute approximate surface area is 103 Å². The number of thiophene rings is 1. The molecule has 4 heteroatoms. The molecule has 0 fully saturated rings. The highest BCUT2D eigenvalue weighted by Gasteiger charge is 2.07. The molecule has 1 aromatic carbocycles. The summed E-state index contributed by atoms with van der Waals surface area (Å²) in [6, 6.07) is 8.47. The van der Waals surface area contributed by atoms with Crippen LogP contribution in [0.3, 0.4) is 0 Å². The fourth-order valence-corrected chi connectivity index (χ4v) is 2.45. The largest absolute Gasteiger partial charge is 0.378 e. The summed E-state index contributed by atoms with van der Waals surface area (Å²) in [6.45, 7) is 2.02. The Morgan fingerprint density at radius 3 is 2.81 bits per heavy atom. The summed E-state index contributed by atoms with van der Waals surface area (Å²) in [5, 5.41) is 5.22. The molecule has 0 spiro atoms. The van der Waals surface area contributed by atoms with E-state index in [9.17, 15) is 4.39 Å². The molecule has 0 saturated carbocycles. The number of benzene rings is 1. The van der Waals surface area contributed by atoms with Crippen LogP contribution in [-0.4, -0.2) is 0 Å². The summed E-state index contributed by atoms with van der Waals surface area (Å²) in [5.74, 6) is -0.236. The third-order valence-corrected chi connectivity index (χ3v) is 3.40. The molecule has 0 amide bonds. The van der Waals surface area contributed by atoms with Crippen LogP contribution >= 0.6 is 22.9 Å². The van der Waals surface area contributed by atoms with E-state index in [0.717, 1.165) is 15.6 Å². The smallest absolute Gasteiger partial charge is 0.125 e. The zero-order chi connectivity index (χ0) is 11.5. The van der Waals surface area contributed by atoms with Gasteiger partial charge in [0.05, 0.1) is 4.34 Å². The van der Waals surface area contributed by atoms with E-state index in [0.29, 0.717) is 0 Å². The number of halogens is 2. The molecule has 1 unspecified atom stereocenters. The van der Waals surface area contributed by atoms with E-state index in [-0.39, 0.29) is 11.9 Å². The standard InChI is InChI=1S/C12H11ClFNS/c1-8(9-5-12(13)16-7-9)15-11-4-2-3-10(14)6-11/h2-8,15H,1H3. The van der Waals surface area contributed by atoms with E-state index < -0.39 is 0 Å². The summed E-state index contributed by atoms with van der Waals surface area (Å²) in [6.07, 6.45) is 0. The first-order chi connectivity index (χ1) is 7.65. The lowest BCUT2D eigenvalue weighted by Gasteiger charge is -2.13. The molecule has 2 rings (SSSR count). The van der Waals surface area contributed by atoms with Crippen molar-refractivity contribution in [3.05, 3.63) is 51.4 Å². The number of hydrogen-bond donors (Lipinski definition) is 1. The first-order valence-corrected chi connectivity index (χ1v) is 6.17. The SMILES string of the molecule is CC(Nc1cccc(F)c1)c1csc(Cl)c1. The highest BCUT2D eigenvalue weighted by atomic mass is 35.5. The number of rotatable bonds is 3. The predicted molar refractivity (Wildman–Crippen MR) is 67.8 cm³/mol. The van der Waals surface area contributed by atoms with Gasteiger partial charge < -0.3 is 5.32 Å². The van der Waals surface area contributed by atoms with Crippen molar-refractivity contribution >= 4 is 28.6 Å². The fourth-order valence-electron chi connectivity index (χ4n) is 1.46. The molecule has 2 aromatic rings. The molecule has 0 saturated heterocycles. The average Bonchev–Trinajstić information content (AvgIpc) is 2.65. The summed E-state index contributed by atoms with van der Waals surface area (Å²) in [4.78, 5) is 0. The zero-order valence-electron chi connectivity index (χ0n) is 8.71. The van der Waals surface area contributed by atoms with Gasteiger partial charge in [0.25, 0.3) is 0 Å². The molecule has 0 aliphatic rings. The maximum atomic E-state index is 13.0. The quantitative estimate of drug-likeness (QED) is 0.837. The average molecular weight is 256 g/mol. The third-order valence-electron chi connectivity index (χ3n) is 2.30. The van der Waals surface area contributed by atoms with Gasteiger partial charge in [-0.25, -0.2) is 4.39 Å². The van der Waals surface area contributed by atoms with Crippen LogP contribution in [-0.2, 0) is 0 Å². The van der Waals surface area contributed by atoms with Crippen molar-refractivity contribution in [1.82, 2.24) is 0 Å². The summed E-state index contributed by atoms with van der Waals surface area (Å²) >= 11 is 7.36. The van der Waals surface area contributed by atoms with Gasteiger partial charge in [-0.2, -0.15) is 0 Å². The fraction of sp³-hybridized carbons (Fsp3) is 0.167. The molecule has 1 nitrogen and oxygen atoms in total. The molecule has 0 radical (unpaired) electrons. The Balaban J connectivity index is 2.10. The normalized spacial score (nSPS) is 12.4. The van der Waals surface area contributed by atoms with Gasteiger partial charge in [-0.1, -0.05) is 17.7 Å². The molecule has 1 aromatic heterocycles. The van der Waals surface area contributed by atoms with E-state index in [1.54, 1.807) is 6.07 Å². The van der Waals surface area contributed by atoms with Gasteiger partial charge in [-0.15, -0.1) is 11.3 Å². The second-order valence-electron chi connectivity index (χ2n) is 3.56. The van der Waals surface area contributed by atoms with E-state index in [4.69, 9.17) is 11.6 Å². The Bertz CT molecular complexity index is 483. The van der Waals surface area contributed by atoms with Crippen molar-refractivity contribution in [1.29, 1.82) is 0 Å². The van der Waals surface area contributed by atoms with E-state index >= 15 is 0 Å². The molecular formula is C12H11ClFNS. The van der Waals surface area contributed by atoms with Crippen LogP contribution in [0.4, 0.5) is 10.1 Å². The number of hydrogen-bond acceptors (Lipinski definition) is 2. The molecule has 84 valence electrons. The van der Waals surface area contributed by atoms with Crippen LogP contribution < -0.4 is 5.32 Å². The third kappa shape index (κ3) is 2.74. The van der Waals surface area contributed by atoms with Gasteiger partial charge in [0.2, 0.25) is 0 Å². The minimum atomic E-state index is -0.236. The number of anilines is 1. The molecule has 1 atom stereocenters. The monoisotopic (exact) mass is 255 g/mol. The maximum absolute atomic E-state index is 13.0. The Kier molecular flexibility index (Phi) is 3.46. The highest BCUT2D eigenvalue weighted by molar-refractivity contribution is 7.14. The minimum absolute atomic E-state index is 0.116. The lowest BCUT2D eigenvalue weighted by molar-refractivity contribution is 0.628. The van der Waals surface area contributed by atoms with Crippen molar-refractivity contribution in [3.63, 3.8) is 0 Å². The second-order valence-corrected chi connectivity index (χ2v) is 5.10. The number of nitrogens with one attached hydrogen (secondary N) is 1. The van der Waals surface area contributed by atoms with Crippen LogP contribution in [0.25, 0.3) is 0 Å². The Morgan fingerprint density at radius 1 is 1.38 bits per heavy atom. The molecule has 0 aliphatic heterocycles. The summed E-state index contributed by atoms with van der Waals surface area (Å²) in [7, 11) is 0. The van der Waals surface area contributed by atoms with E-state index in [2.05, 4.69) is 5.32 Å². The molecular weight excluding hydrogens is 245 g/mol. The van der Waals surface area contributed by atoms with Gasteiger partial charge in [-0.05, 0) is 42.1 Å². The highest BCUT2D eigenvalue weighted by Crippen LogP contribution is 2.27. The Hall–Kier alpha value is -1.06. The first kappa shape index (κ1) is 11.4. The van der Waals surface area contributed by atoms with E-state index in [1.807, 2.05) is 24.4 Å². The van der Waals surface area contributed by atoms with Gasteiger partial charge in [0.1, 0.15) is 5.82 Å². The van der Waals surface area contributed by atoms with Crippen LogP contribution in [0.15, 0.2) is 35.7 Å². The minimum Gasteiger partial charge on any atom is -0.378 e. The molecule has 16 heavy (non-hydrogen) atoms. The van der Waals surface area contributed by atoms with Crippen LogP contribution in [0.5, 0.6) is 0 Å². The zero-order valence-corrected chi connectivity index (χ0v) is 10.3. The van der Waals surface area contributed by atoms with Gasteiger partial charge >= 0.3 is 0 Å². The maximum Gasteiger partial charge on any atom is 0.125 e. The molecule has 1 N–H and O–H groups in total. The van der Waals surface area contributed by atoms with Gasteiger partial charge in [-0.3, -0.25) is 0 Å². The topological polar surface area (TPSA) is 12.0 Å². The summed E-state index contributed by atoms with van der Waals surface area (Å²) < 4.78 is 13.7.